The summed E-state index contributed by atoms with van der Waals surface area (Å²) in [5, 5.41) is 0. The van der Waals surface area contributed by atoms with Crippen LogP contribution in [0.4, 0.5) is 39.5 Å². The summed E-state index contributed by atoms with van der Waals surface area (Å²) >= 11 is 0. The van der Waals surface area contributed by atoms with Gasteiger partial charge in [-0.15, -0.1) is 0 Å². The van der Waals surface area contributed by atoms with Crippen LogP contribution in [0, 0.1) is 29.2 Å². The van der Waals surface area contributed by atoms with Crippen molar-refractivity contribution in [2.24, 2.45) is 5.92 Å². The van der Waals surface area contributed by atoms with Crippen LogP contribution in [0.15, 0.2) is 60.7 Å². The second-order valence-electron chi connectivity index (χ2n) is 10.4. The molecule has 0 atom stereocenters. The van der Waals surface area contributed by atoms with Crippen molar-refractivity contribution < 1.29 is 58.5 Å². The molecule has 13 heteroatoms. The lowest BCUT2D eigenvalue weighted by atomic mass is 10.0. The molecule has 0 aliphatic carbocycles. The highest BCUT2D eigenvalue weighted by molar-refractivity contribution is 5.35. The number of halogens is 9. The van der Waals surface area contributed by atoms with Gasteiger partial charge in [0.15, 0.2) is 6.29 Å². The fourth-order valence-corrected chi connectivity index (χ4v) is 4.72. The minimum atomic E-state index is -5.23. The molecule has 0 spiro atoms. The Morgan fingerprint density at radius 2 is 1.33 bits per heavy atom. The summed E-state index contributed by atoms with van der Waals surface area (Å²) in [6.45, 7) is 1.97. The highest BCUT2D eigenvalue weighted by atomic mass is 19.4. The van der Waals surface area contributed by atoms with Crippen molar-refractivity contribution in [3.63, 3.8) is 0 Å². The van der Waals surface area contributed by atoms with Crippen molar-refractivity contribution in [1.82, 2.24) is 0 Å². The fraction of sp³-hybridized carbons (Fsp3) is 0.375. The van der Waals surface area contributed by atoms with E-state index < -0.39 is 65.3 Å². The van der Waals surface area contributed by atoms with Gasteiger partial charge >= 0.3 is 12.3 Å². The van der Waals surface area contributed by atoms with Gasteiger partial charge in [-0.05, 0) is 80.3 Å². The highest BCUT2D eigenvalue weighted by Gasteiger charge is 2.42. The van der Waals surface area contributed by atoms with Crippen LogP contribution in [0.2, 0.25) is 0 Å². The van der Waals surface area contributed by atoms with Crippen molar-refractivity contribution in [2.45, 2.75) is 57.8 Å². The minimum Gasteiger partial charge on any atom is -0.489 e. The molecule has 1 aliphatic heterocycles. The van der Waals surface area contributed by atoms with Crippen molar-refractivity contribution in [3.8, 4) is 11.5 Å². The van der Waals surface area contributed by atoms with E-state index in [1.165, 1.54) is 0 Å². The average Bonchev–Trinajstić information content (AvgIpc) is 2.95. The number of alkyl halides is 5. The lowest BCUT2D eigenvalue weighted by Gasteiger charge is -2.30. The lowest BCUT2D eigenvalue weighted by Crippen LogP contribution is -2.28. The third-order valence-electron chi connectivity index (χ3n) is 6.92. The lowest BCUT2D eigenvalue weighted by molar-refractivity contribution is -0.206. The molecule has 0 saturated carbocycles. The molecule has 1 fully saturated rings. The van der Waals surface area contributed by atoms with Gasteiger partial charge in [0, 0.05) is 11.5 Å². The fourth-order valence-electron chi connectivity index (χ4n) is 4.72. The molecule has 0 amide bonds. The number of rotatable bonds is 12. The topological polar surface area (TPSA) is 36.9 Å². The van der Waals surface area contributed by atoms with Crippen molar-refractivity contribution >= 4 is 0 Å². The average molecular weight is 649 g/mol. The molecule has 1 aliphatic rings. The second-order valence-corrected chi connectivity index (χ2v) is 10.4. The standard InChI is InChI=1S/C32H29F9O4/c1-2-3-4-5-6-7-19-16-43-30(44-17-19)21-14-26(35)29(27(36)15-21)32(40,41)45-23-10-8-22(9-11-23)42-18-20-12-24(33)28(25(34)13-20)31(37,38)39/h2-3,8-15,19,30H,4-7,16-18H2,1H3/b3-2+. The molecule has 0 bridgehead atoms. The quantitative estimate of drug-likeness (QED) is 0.111. The van der Waals surface area contributed by atoms with E-state index in [4.69, 9.17) is 14.2 Å². The van der Waals surface area contributed by atoms with E-state index >= 15 is 0 Å². The van der Waals surface area contributed by atoms with E-state index in [9.17, 15) is 39.5 Å². The summed E-state index contributed by atoms with van der Waals surface area (Å²) < 4.78 is 146. The molecule has 0 radical (unpaired) electrons. The molecule has 0 aromatic heterocycles. The Morgan fingerprint density at radius 3 is 1.89 bits per heavy atom. The van der Waals surface area contributed by atoms with Crippen molar-refractivity contribution in [2.75, 3.05) is 13.2 Å². The Labute approximate surface area is 253 Å². The van der Waals surface area contributed by atoms with Crippen LogP contribution in [0.5, 0.6) is 11.5 Å². The Morgan fingerprint density at radius 1 is 0.778 bits per heavy atom. The molecule has 0 N–H and O–H groups in total. The number of hydrogen-bond donors (Lipinski definition) is 0. The van der Waals surface area contributed by atoms with Gasteiger partial charge in [0.05, 0.1) is 13.2 Å². The normalized spacial score (nSPS) is 17.6. The molecule has 3 aromatic rings. The first kappa shape index (κ1) is 34.2. The zero-order valence-corrected chi connectivity index (χ0v) is 23.9. The summed E-state index contributed by atoms with van der Waals surface area (Å²) in [6.07, 6.45) is -2.97. The van der Waals surface area contributed by atoms with Gasteiger partial charge < -0.3 is 18.9 Å². The van der Waals surface area contributed by atoms with Gasteiger partial charge in [-0.1, -0.05) is 18.6 Å². The van der Waals surface area contributed by atoms with Gasteiger partial charge in [-0.25, -0.2) is 17.6 Å². The van der Waals surface area contributed by atoms with E-state index in [-0.39, 0.29) is 36.0 Å². The number of unbranched alkanes of at least 4 members (excludes halogenated alkanes) is 2. The van der Waals surface area contributed by atoms with Crippen LogP contribution in [-0.2, 0) is 28.4 Å². The van der Waals surface area contributed by atoms with Gasteiger partial charge in [-0.3, -0.25) is 0 Å². The first-order valence-corrected chi connectivity index (χ1v) is 14.0. The van der Waals surface area contributed by atoms with Crippen LogP contribution in [0.25, 0.3) is 0 Å². The molecule has 45 heavy (non-hydrogen) atoms. The summed E-state index contributed by atoms with van der Waals surface area (Å²) in [4.78, 5) is 0. The van der Waals surface area contributed by atoms with E-state index in [0.717, 1.165) is 49.9 Å². The highest BCUT2D eigenvalue weighted by Crippen LogP contribution is 2.38. The maximum Gasteiger partial charge on any atom is 0.432 e. The van der Waals surface area contributed by atoms with Gasteiger partial charge in [0.25, 0.3) is 0 Å². The first-order chi connectivity index (χ1) is 21.3. The van der Waals surface area contributed by atoms with Crippen LogP contribution in [0.1, 0.15) is 61.2 Å². The van der Waals surface area contributed by atoms with Crippen LogP contribution in [0.3, 0.4) is 0 Å². The predicted octanol–water partition coefficient (Wildman–Crippen LogP) is 9.77. The smallest absolute Gasteiger partial charge is 0.432 e. The number of ether oxygens (including phenoxy) is 4. The molecule has 1 heterocycles. The third kappa shape index (κ3) is 8.94. The summed E-state index contributed by atoms with van der Waals surface area (Å²) in [5.41, 5.74) is -4.04. The molecule has 4 rings (SSSR count). The molecule has 244 valence electrons. The SMILES string of the molecule is C/C=C/CCCCC1COC(c2cc(F)c(C(F)(F)Oc3ccc(OCc4cc(F)c(C(F)(F)F)c(F)c4)cc3)c(F)c2)OC1. The van der Waals surface area contributed by atoms with Crippen LogP contribution >= 0.6 is 0 Å². The third-order valence-corrected chi connectivity index (χ3v) is 6.92. The minimum absolute atomic E-state index is 0.0311. The predicted molar refractivity (Wildman–Crippen MR) is 144 cm³/mol. The van der Waals surface area contributed by atoms with E-state index in [2.05, 4.69) is 10.8 Å². The molecule has 1 saturated heterocycles. The Bertz CT molecular complexity index is 1420. The number of allylic oxidation sites excluding steroid dienone is 2. The maximum absolute atomic E-state index is 14.9. The molecule has 0 unspecified atom stereocenters. The second kappa shape index (κ2) is 14.6. The monoisotopic (exact) mass is 648 g/mol. The largest absolute Gasteiger partial charge is 0.489 e. The Hall–Kier alpha value is -3.71. The number of benzene rings is 3. The van der Waals surface area contributed by atoms with Crippen molar-refractivity contribution in [3.05, 3.63) is 106 Å². The maximum atomic E-state index is 14.9. The zero-order valence-electron chi connectivity index (χ0n) is 23.9. The molecular weight excluding hydrogens is 619 g/mol. The van der Waals surface area contributed by atoms with Crippen LogP contribution in [-0.4, -0.2) is 13.2 Å². The summed E-state index contributed by atoms with van der Waals surface area (Å²) in [7, 11) is 0. The Kier molecular flexibility index (Phi) is 11.1. The molecular formula is C32H29F9O4. The van der Waals surface area contributed by atoms with Gasteiger partial charge in [0.1, 0.15) is 52.5 Å². The van der Waals surface area contributed by atoms with Gasteiger partial charge in [0.2, 0.25) is 0 Å². The van der Waals surface area contributed by atoms with Crippen molar-refractivity contribution in [1.29, 1.82) is 0 Å². The van der Waals surface area contributed by atoms with Gasteiger partial charge in [-0.2, -0.15) is 22.0 Å². The van der Waals surface area contributed by atoms with E-state index in [0.29, 0.717) is 24.3 Å². The molecule has 4 nitrogen and oxygen atoms in total. The Balaban J connectivity index is 1.34. The first-order valence-electron chi connectivity index (χ1n) is 14.0. The summed E-state index contributed by atoms with van der Waals surface area (Å²) in [6, 6.07) is 6.45. The molecule has 3 aromatic carbocycles. The van der Waals surface area contributed by atoms with E-state index in [1.54, 1.807) is 0 Å². The van der Waals surface area contributed by atoms with Crippen LogP contribution < -0.4 is 9.47 Å². The van der Waals surface area contributed by atoms with E-state index in [1.807, 2.05) is 13.0 Å². The number of hydrogen-bond acceptors (Lipinski definition) is 4. The summed E-state index contributed by atoms with van der Waals surface area (Å²) in [5.74, 6) is -7.25. The zero-order chi connectivity index (χ0) is 32.8.